The van der Waals surface area contributed by atoms with Crippen LogP contribution in [-0.2, 0) is 41.0 Å². The Morgan fingerprint density at radius 2 is 1.24 bits per heavy atom. The maximum absolute atomic E-state index is 15.2. The Labute approximate surface area is 489 Å². The largest absolute Gasteiger partial charge is 0.456 e. The van der Waals surface area contributed by atoms with Crippen molar-refractivity contribution in [3.63, 3.8) is 0 Å². The van der Waals surface area contributed by atoms with E-state index in [1.54, 1.807) is 25.1 Å². The van der Waals surface area contributed by atoms with E-state index in [-0.39, 0.29) is 84.8 Å². The molecule has 0 saturated carbocycles. The molecular formula is C63H86N6O10S3. The Morgan fingerprint density at radius 1 is 0.695 bits per heavy atom. The van der Waals surface area contributed by atoms with E-state index in [0.29, 0.717) is 58.0 Å². The SMILES string of the molecule is CCCCCC(C)NS(=O)(=O)c1cc2c(-c3ccccc3S(=O)(=O)O)c3cc(N(C(C)CCCCC)S(=O)O)c(Nc4c(C)cc(C)c(NC(=O)CC(C)(C)C)c4C)cc3oc-2cc1=Nc1c(C)cc(C)c(NC(=O)CC(C)(C)C)c1C. The van der Waals surface area contributed by atoms with Gasteiger partial charge in [-0.25, -0.2) is 22.3 Å². The number of hydrogen-bond acceptors (Lipinski definition) is 10. The van der Waals surface area contributed by atoms with Gasteiger partial charge in [0, 0.05) is 76.2 Å². The predicted octanol–water partition coefficient (Wildman–Crippen LogP) is 15.2. The van der Waals surface area contributed by atoms with Gasteiger partial charge in [0.2, 0.25) is 21.8 Å². The lowest BCUT2D eigenvalue weighted by atomic mass is 9.91. The van der Waals surface area contributed by atoms with E-state index in [4.69, 9.17) is 9.41 Å². The molecule has 446 valence electrons. The Bertz CT molecular complexity index is 3670. The maximum Gasteiger partial charge on any atom is 0.295 e. The molecule has 82 heavy (non-hydrogen) atoms. The molecule has 2 amide bonds. The number of hydrogen-bond donors (Lipinski definition) is 6. The first kappa shape index (κ1) is 65.2. The second kappa shape index (κ2) is 26.3. The number of benzene rings is 5. The van der Waals surface area contributed by atoms with Crippen molar-refractivity contribution in [1.82, 2.24) is 4.72 Å². The molecule has 4 aromatic rings. The van der Waals surface area contributed by atoms with Crippen LogP contribution in [0.5, 0.6) is 0 Å². The van der Waals surface area contributed by atoms with Crippen LogP contribution >= 0.6 is 0 Å². The molecule has 0 aromatic heterocycles. The van der Waals surface area contributed by atoms with Crippen molar-refractivity contribution in [3.05, 3.63) is 99.4 Å². The highest BCUT2D eigenvalue weighted by Gasteiger charge is 2.32. The summed E-state index contributed by atoms with van der Waals surface area (Å²) in [6.45, 7) is 30.9. The van der Waals surface area contributed by atoms with E-state index in [0.717, 1.165) is 55.2 Å². The average Bonchev–Trinajstić information content (AvgIpc) is 2.26. The minimum atomic E-state index is -4.97. The monoisotopic (exact) mass is 1180 g/mol. The third-order valence-electron chi connectivity index (χ3n) is 14.6. The van der Waals surface area contributed by atoms with Gasteiger partial charge in [-0.2, -0.15) is 8.42 Å². The lowest BCUT2D eigenvalue weighted by Crippen LogP contribution is -2.35. The van der Waals surface area contributed by atoms with Crippen LogP contribution in [0.25, 0.3) is 33.4 Å². The van der Waals surface area contributed by atoms with E-state index in [1.165, 1.54) is 34.6 Å². The fourth-order valence-corrected chi connectivity index (χ4v) is 13.6. The van der Waals surface area contributed by atoms with Gasteiger partial charge >= 0.3 is 0 Å². The molecule has 0 fully saturated rings. The number of anilines is 5. The molecule has 6 rings (SSSR count). The second-order valence-corrected chi connectivity index (χ2v) is 28.5. The third kappa shape index (κ3) is 15.8. The first-order chi connectivity index (χ1) is 38.2. The first-order valence-electron chi connectivity index (χ1n) is 28.4. The number of fused-ring (bicyclic) bond motifs is 2. The van der Waals surface area contributed by atoms with Crippen LogP contribution < -0.4 is 30.3 Å². The van der Waals surface area contributed by atoms with Crippen molar-refractivity contribution in [3.8, 4) is 22.5 Å². The Hall–Kier alpha value is -5.96. The second-order valence-electron chi connectivity index (χ2n) is 24.6. The van der Waals surface area contributed by atoms with Crippen molar-refractivity contribution in [2.24, 2.45) is 15.8 Å². The van der Waals surface area contributed by atoms with Crippen LogP contribution in [0.2, 0.25) is 0 Å². The molecule has 1 aliphatic carbocycles. The highest BCUT2D eigenvalue weighted by atomic mass is 32.2. The van der Waals surface area contributed by atoms with E-state index < -0.39 is 48.4 Å². The summed E-state index contributed by atoms with van der Waals surface area (Å²) in [5.74, 6) is -0.288. The molecule has 1 heterocycles. The quantitative estimate of drug-likeness (QED) is 0.0153. The van der Waals surface area contributed by atoms with Crippen molar-refractivity contribution in [1.29, 1.82) is 0 Å². The number of nitrogens with one attached hydrogen (secondary N) is 4. The molecule has 3 atom stereocenters. The van der Waals surface area contributed by atoms with Crippen LogP contribution in [0.4, 0.5) is 34.1 Å². The number of sulfonamides is 1. The number of nitrogens with zero attached hydrogens (tertiary/aromatic N) is 2. The highest BCUT2D eigenvalue weighted by Crippen LogP contribution is 2.48. The zero-order valence-corrected chi connectivity index (χ0v) is 53.2. The number of amides is 2. The van der Waals surface area contributed by atoms with Gasteiger partial charge in [-0.3, -0.25) is 23.0 Å². The Balaban J connectivity index is 1.81. The summed E-state index contributed by atoms with van der Waals surface area (Å²) >= 11 is -2.65. The van der Waals surface area contributed by atoms with Gasteiger partial charge in [0.05, 0.1) is 22.4 Å². The van der Waals surface area contributed by atoms with Gasteiger partial charge in [-0.1, -0.05) is 124 Å². The molecule has 0 bridgehead atoms. The molecular weight excluding hydrogens is 1100 g/mol. The molecule has 19 heteroatoms. The van der Waals surface area contributed by atoms with Gasteiger partial charge in [0.15, 0.2) is 0 Å². The molecule has 16 nitrogen and oxygen atoms in total. The van der Waals surface area contributed by atoms with Gasteiger partial charge in [-0.15, -0.1) is 0 Å². The number of unbranched alkanes of at least 4 members (excludes halogenated alkanes) is 4. The van der Waals surface area contributed by atoms with Gasteiger partial charge in [0.1, 0.15) is 21.1 Å². The predicted molar refractivity (Wildman–Crippen MR) is 334 cm³/mol. The summed E-state index contributed by atoms with van der Waals surface area (Å²) in [6, 6.07) is 14.7. The molecule has 0 spiro atoms. The Morgan fingerprint density at radius 3 is 1.80 bits per heavy atom. The number of aryl methyl sites for hydroxylation is 4. The van der Waals surface area contributed by atoms with Crippen molar-refractivity contribution < 1.29 is 44.2 Å². The van der Waals surface area contributed by atoms with Crippen LogP contribution in [0.3, 0.4) is 0 Å². The van der Waals surface area contributed by atoms with Crippen LogP contribution in [0, 0.1) is 52.4 Å². The van der Waals surface area contributed by atoms with E-state index >= 15 is 8.42 Å². The van der Waals surface area contributed by atoms with Gasteiger partial charge < -0.3 is 20.4 Å². The molecule has 0 saturated heterocycles. The highest BCUT2D eigenvalue weighted by molar-refractivity contribution is 7.89. The van der Waals surface area contributed by atoms with Crippen molar-refractivity contribution in [2.45, 2.75) is 197 Å². The molecule has 1 aliphatic heterocycles. The zero-order chi connectivity index (χ0) is 61.0. The zero-order valence-electron chi connectivity index (χ0n) is 50.8. The molecule has 0 radical (unpaired) electrons. The number of carbonyl (C=O) groups excluding carboxylic acids is 2. The summed E-state index contributed by atoms with van der Waals surface area (Å²) < 4.78 is 105. The van der Waals surface area contributed by atoms with Gasteiger partial charge in [0.25, 0.3) is 21.4 Å². The van der Waals surface area contributed by atoms with Crippen LogP contribution in [0.15, 0.2) is 79.9 Å². The van der Waals surface area contributed by atoms with Crippen LogP contribution in [-0.4, -0.2) is 54.0 Å². The standard InChI is InChI=1S/C63H86N6O10S3/c1-17-19-21-25-41(7)68-81(74,75)54-32-47-52(34-49(54)65-59-38(4)30-40(6)61(44(59)10)67-56(71)36-63(14,15)16)79-51-33-48(64-58-37(3)29-39(5)60(43(58)9)66-55(70)35-62(11,12)13)50(69(80(72)73)42(8)26-22-20-18-2)31-46(51)57(47)45-27-23-24-28-53(45)82(76,77)78/h23-24,27-34,41-42,64,68H,17-22,25-26,35-36H2,1-16H3,(H,66,70)(H,67,71)(H,72,73)(H,76,77,78). The topological polar surface area (TPSA) is 237 Å². The summed E-state index contributed by atoms with van der Waals surface area (Å²) in [4.78, 5) is 31.3. The summed E-state index contributed by atoms with van der Waals surface area (Å²) in [6.07, 6.45) is 6.69. The molecule has 6 N–H and O–H groups in total. The van der Waals surface area contributed by atoms with E-state index in [1.807, 2.05) is 102 Å². The molecule has 2 aliphatic rings. The van der Waals surface area contributed by atoms with Crippen molar-refractivity contribution >= 4 is 88.3 Å². The fourth-order valence-electron chi connectivity index (χ4n) is 10.8. The third-order valence-corrected chi connectivity index (χ3v) is 18.0. The van der Waals surface area contributed by atoms with Crippen molar-refractivity contribution in [2.75, 3.05) is 20.3 Å². The minimum absolute atomic E-state index is 0.00854. The number of rotatable bonds is 23. The average molecular weight is 1180 g/mol. The summed E-state index contributed by atoms with van der Waals surface area (Å²) in [5, 5.41) is 9.98. The lowest BCUT2D eigenvalue weighted by Gasteiger charge is -2.31. The lowest BCUT2D eigenvalue weighted by molar-refractivity contribution is -0.118. The van der Waals surface area contributed by atoms with Gasteiger partial charge in [-0.05, 0) is 131 Å². The molecule has 3 unspecified atom stereocenters. The molecule has 4 aromatic carbocycles. The summed E-state index contributed by atoms with van der Waals surface area (Å²) in [7, 11) is -9.45. The first-order valence-corrected chi connectivity index (χ1v) is 32.4. The fraction of sp³-hybridized carbons (Fsp3) is 0.476. The van der Waals surface area contributed by atoms with E-state index in [9.17, 15) is 31.3 Å². The minimum Gasteiger partial charge on any atom is -0.456 e. The normalized spacial score (nSPS) is 13.8. The smallest absolute Gasteiger partial charge is 0.295 e. The Kier molecular flexibility index (Phi) is 20.9. The summed E-state index contributed by atoms with van der Waals surface area (Å²) in [5.41, 5.74) is 6.87. The van der Waals surface area contributed by atoms with Crippen LogP contribution in [0.1, 0.15) is 167 Å². The van der Waals surface area contributed by atoms with E-state index in [2.05, 4.69) is 34.5 Å². The maximum atomic E-state index is 15.2. The number of carbonyl (C=O) groups is 2.